The molecule has 174 valence electrons. The number of rotatable bonds is 9. The van der Waals surface area contributed by atoms with Crippen LogP contribution in [0.15, 0.2) is 88.2 Å². The summed E-state index contributed by atoms with van der Waals surface area (Å²) >= 11 is 1.45. The summed E-state index contributed by atoms with van der Waals surface area (Å²) in [5, 5.41) is 6.87. The molecule has 0 aliphatic carbocycles. The summed E-state index contributed by atoms with van der Waals surface area (Å²) in [6.45, 7) is 4.21. The second-order valence-electron chi connectivity index (χ2n) is 7.26. The third-order valence-electron chi connectivity index (χ3n) is 4.72. The minimum absolute atomic E-state index is 0.0701. The fourth-order valence-electron chi connectivity index (χ4n) is 3.04. The third kappa shape index (κ3) is 5.81. The molecule has 34 heavy (non-hydrogen) atoms. The standard InChI is InChI=1S/C25H23N3O4S2/c1-3-31-24-15-19(11-14-23(24)32-34(29,30)21-7-5-4-6-8-21)16-26-28-25-27-22(17-33-25)20-12-9-18(2)10-13-20/h4-17H,3H2,1-2H3,(H,27,28)/b26-16-. The largest absolute Gasteiger partial charge is 0.490 e. The number of anilines is 1. The van der Waals surface area contributed by atoms with Gasteiger partial charge in [-0.15, -0.1) is 11.3 Å². The van der Waals surface area contributed by atoms with E-state index in [1.165, 1.54) is 29.0 Å². The number of aromatic nitrogens is 1. The molecule has 9 heteroatoms. The van der Waals surface area contributed by atoms with E-state index in [0.29, 0.717) is 23.1 Å². The van der Waals surface area contributed by atoms with Gasteiger partial charge >= 0.3 is 10.1 Å². The van der Waals surface area contributed by atoms with E-state index in [4.69, 9.17) is 8.92 Å². The van der Waals surface area contributed by atoms with Gasteiger partial charge < -0.3 is 8.92 Å². The van der Waals surface area contributed by atoms with Gasteiger partial charge in [0.05, 0.1) is 18.5 Å². The maximum Gasteiger partial charge on any atom is 0.339 e. The molecule has 4 aromatic rings. The predicted molar refractivity (Wildman–Crippen MR) is 135 cm³/mol. The van der Waals surface area contributed by atoms with Crippen LogP contribution in [0.4, 0.5) is 5.13 Å². The minimum atomic E-state index is -3.98. The maximum absolute atomic E-state index is 12.6. The molecule has 0 aliphatic heterocycles. The van der Waals surface area contributed by atoms with Crippen LogP contribution in [0.5, 0.6) is 11.5 Å². The van der Waals surface area contributed by atoms with E-state index in [1.54, 1.807) is 42.6 Å². The number of hydrogen-bond acceptors (Lipinski definition) is 8. The average molecular weight is 494 g/mol. The molecule has 0 fully saturated rings. The average Bonchev–Trinajstić information content (AvgIpc) is 3.31. The highest BCUT2D eigenvalue weighted by Gasteiger charge is 2.19. The zero-order valence-corrected chi connectivity index (χ0v) is 20.3. The number of nitrogens with zero attached hydrogens (tertiary/aromatic N) is 2. The van der Waals surface area contributed by atoms with Gasteiger partial charge in [0.1, 0.15) is 4.90 Å². The zero-order chi connectivity index (χ0) is 24.0. The topological polar surface area (TPSA) is 89.9 Å². The van der Waals surface area contributed by atoms with E-state index in [1.807, 2.05) is 43.5 Å². The van der Waals surface area contributed by atoms with Crippen molar-refractivity contribution in [2.75, 3.05) is 12.0 Å². The van der Waals surface area contributed by atoms with Crippen LogP contribution in [0.2, 0.25) is 0 Å². The third-order valence-corrected chi connectivity index (χ3v) is 6.72. The fourth-order valence-corrected chi connectivity index (χ4v) is 4.67. The molecule has 0 saturated carbocycles. The summed E-state index contributed by atoms with van der Waals surface area (Å²) in [5.41, 5.74) is 6.75. The van der Waals surface area contributed by atoms with Gasteiger partial charge in [-0.2, -0.15) is 13.5 Å². The molecule has 1 N–H and O–H groups in total. The van der Waals surface area contributed by atoms with E-state index < -0.39 is 10.1 Å². The number of nitrogens with one attached hydrogen (secondary N) is 1. The Bertz CT molecular complexity index is 1380. The molecule has 0 radical (unpaired) electrons. The predicted octanol–water partition coefficient (Wildman–Crippen LogP) is 5.73. The van der Waals surface area contributed by atoms with Crippen LogP contribution in [-0.4, -0.2) is 26.2 Å². The lowest BCUT2D eigenvalue weighted by Gasteiger charge is -2.12. The number of hydrazone groups is 1. The lowest BCUT2D eigenvalue weighted by molar-refractivity contribution is 0.327. The van der Waals surface area contributed by atoms with Gasteiger partial charge in [-0.25, -0.2) is 4.98 Å². The van der Waals surface area contributed by atoms with Crippen molar-refractivity contribution < 1.29 is 17.3 Å². The molecule has 0 saturated heterocycles. The summed E-state index contributed by atoms with van der Waals surface area (Å²) < 4.78 is 36.1. The van der Waals surface area contributed by atoms with Crippen molar-refractivity contribution in [1.29, 1.82) is 0 Å². The number of aryl methyl sites for hydroxylation is 1. The number of hydrogen-bond donors (Lipinski definition) is 1. The van der Waals surface area contributed by atoms with Gasteiger partial charge in [-0.05, 0) is 49.7 Å². The van der Waals surface area contributed by atoms with Crippen LogP contribution in [0.1, 0.15) is 18.1 Å². The molecule has 3 aromatic carbocycles. The van der Waals surface area contributed by atoms with Gasteiger partial charge in [0.25, 0.3) is 0 Å². The maximum atomic E-state index is 12.6. The minimum Gasteiger partial charge on any atom is -0.490 e. The molecule has 4 rings (SSSR count). The molecule has 0 atom stereocenters. The molecule has 0 amide bonds. The first-order valence-corrected chi connectivity index (χ1v) is 12.8. The van der Waals surface area contributed by atoms with Gasteiger partial charge in [-0.1, -0.05) is 48.0 Å². The normalized spacial score (nSPS) is 11.5. The monoisotopic (exact) mass is 493 g/mol. The Labute approximate surface area is 202 Å². The summed E-state index contributed by atoms with van der Waals surface area (Å²) in [7, 11) is -3.98. The first kappa shape index (κ1) is 23.5. The quantitative estimate of drug-likeness (QED) is 0.182. The van der Waals surface area contributed by atoms with Gasteiger partial charge in [0.15, 0.2) is 11.5 Å². The summed E-state index contributed by atoms with van der Waals surface area (Å²) in [5.74, 6) is 0.417. The Kier molecular flexibility index (Phi) is 7.24. The number of ether oxygens (including phenoxy) is 1. The van der Waals surface area contributed by atoms with Crippen molar-refractivity contribution in [3.63, 3.8) is 0 Å². The Hall–Kier alpha value is -3.69. The van der Waals surface area contributed by atoms with Crippen LogP contribution in [-0.2, 0) is 10.1 Å². The van der Waals surface area contributed by atoms with Crippen LogP contribution in [0.3, 0.4) is 0 Å². The van der Waals surface area contributed by atoms with E-state index in [9.17, 15) is 8.42 Å². The van der Waals surface area contributed by atoms with Crippen LogP contribution < -0.4 is 14.3 Å². The summed E-state index contributed by atoms with van der Waals surface area (Å²) in [6, 6.07) is 21.1. The van der Waals surface area contributed by atoms with Crippen LogP contribution in [0.25, 0.3) is 11.3 Å². The Morgan fingerprint density at radius 1 is 1.03 bits per heavy atom. The van der Waals surface area contributed by atoms with E-state index in [-0.39, 0.29) is 10.6 Å². The molecule has 0 bridgehead atoms. The van der Waals surface area contributed by atoms with E-state index >= 15 is 0 Å². The van der Waals surface area contributed by atoms with Crippen molar-refractivity contribution in [1.82, 2.24) is 4.98 Å². The van der Waals surface area contributed by atoms with Crippen molar-refractivity contribution in [2.24, 2.45) is 5.10 Å². The van der Waals surface area contributed by atoms with Crippen LogP contribution in [0, 0.1) is 6.92 Å². The Balaban J connectivity index is 1.46. The second kappa shape index (κ2) is 10.5. The molecular formula is C25H23N3O4S2. The van der Waals surface area contributed by atoms with Gasteiger partial charge in [-0.3, -0.25) is 5.43 Å². The van der Waals surface area contributed by atoms with Crippen molar-refractivity contribution >= 4 is 32.8 Å². The summed E-state index contributed by atoms with van der Waals surface area (Å²) in [6.07, 6.45) is 1.60. The molecule has 1 heterocycles. The highest BCUT2D eigenvalue weighted by Crippen LogP contribution is 2.31. The first-order valence-electron chi connectivity index (χ1n) is 10.5. The van der Waals surface area contributed by atoms with Crippen LogP contribution >= 0.6 is 11.3 Å². The molecule has 0 unspecified atom stereocenters. The van der Waals surface area contributed by atoms with Gasteiger partial charge in [0.2, 0.25) is 5.13 Å². The van der Waals surface area contributed by atoms with E-state index in [2.05, 4.69) is 15.5 Å². The summed E-state index contributed by atoms with van der Waals surface area (Å²) in [4.78, 5) is 4.62. The molecule has 1 aromatic heterocycles. The lowest BCUT2D eigenvalue weighted by Crippen LogP contribution is -2.10. The number of thiazole rings is 1. The van der Waals surface area contributed by atoms with Crippen molar-refractivity contribution in [3.8, 4) is 22.8 Å². The zero-order valence-electron chi connectivity index (χ0n) is 18.6. The first-order chi connectivity index (χ1) is 16.4. The van der Waals surface area contributed by atoms with E-state index in [0.717, 1.165) is 11.3 Å². The Morgan fingerprint density at radius 3 is 2.53 bits per heavy atom. The molecule has 0 spiro atoms. The molecular weight excluding hydrogens is 470 g/mol. The lowest BCUT2D eigenvalue weighted by atomic mass is 10.1. The van der Waals surface area contributed by atoms with Crippen molar-refractivity contribution in [2.45, 2.75) is 18.7 Å². The number of benzene rings is 3. The smallest absolute Gasteiger partial charge is 0.339 e. The molecule has 7 nitrogen and oxygen atoms in total. The second-order valence-corrected chi connectivity index (χ2v) is 9.67. The molecule has 0 aliphatic rings. The SMILES string of the molecule is CCOc1cc(/C=N\Nc2nc(-c3ccc(C)cc3)cs2)ccc1OS(=O)(=O)c1ccccc1. The van der Waals surface area contributed by atoms with Crippen molar-refractivity contribution in [3.05, 3.63) is 89.3 Å². The van der Waals surface area contributed by atoms with Gasteiger partial charge in [0, 0.05) is 10.9 Å². The highest BCUT2D eigenvalue weighted by atomic mass is 32.2. The fraction of sp³-hybridized carbons (Fsp3) is 0.120. The highest BCUT2D eigenvalue weighted by molar-refractivity contribution is 7.87. The Morgan fingerprint density at radius 2 is 1.79 bits per heavy atom.